The molecule has 0 spiro atoms. The summed E-state index contributed by atoms with van der Waals surface area (Å²) in [6, 6.07) is 0. The van der Waals surface area contributed by atoms with E-state index in [-0.39, 0.29) is 31.1 Å². The Morgan fingerprint density at radius 2 is 0.623 bits per heavy atom. The molecule has 0 aliphatic carbocycles. The van der Waals surface area contributed by atoms with Crippen LogP contribution in [0.4, 0.5) is 0 Å². The standard InChI is InChI=1S/C55H94O6/c1-4-7-10-13-16-19-22-24-26-27-28-29-31-33-36-39-42-45-48-54(57)60-51-52(50-59-53(56)47-44-41-38-35-32-21-18-15-12-9-6-3)61-55(58)49-46-43-40-37-34-30-25-23-20-17-14-11-8-5-2/h15,18,21-22,24,26-30,32,34,52H,4-14,16-17,19-20,23,25,31,33,35-51H2,1-3H3/b18-15-,24-22-,27-26-,29-28-,32-21-,34-30-. The van der Waals surface area contributed by atoms with E-state index in [1.54, 1.807) is 0 Å². The van der Waals surface area contributed by atoms with Crippen molar-refractivity contribution in [2.75, 3.05) is 13.2 Å². The highest BCUT2D eigenvalue weighted by atomic mass is 16.6. The molecule has 0 amide bonds. The van der Waals surface area contributed by atoms with Crippen LogP contribution < -0.4 is 0 Å². The van der Waals surface area contributed by atoms with Crippen LogP contribution in [-0.4, -0.2) is 37.2 Å². The summed E-state index contributed by atoms with van der Waals surface area (Å²) in [5.41, 5.74) is 0. The highest BCUT2D eigenvalue weighted by molar-refractivity contribution is 5.71. The van der Waals surface area contributed by atoms with Gasteiger partial charge < -0.3 is 14.2 Å². The summed E-state index contributed by atoms with van der Waals surface area (Å²) >= 11 is 0. The van der Waals surface area contributed by atoms with Crippen LogP contribution in [0.2, 0.25) is 0 Å². The molecule has 0 fully saturated rings. The largest absolute Gasteiger partial charge is 0.462 e. The van der Waals surface area contributed by atoms with Gasteiger partial charge in [0.25, 0.3) is 0 Å². The molecule has 0 aliphatic heterocycles. The number of hydrogen-bond acceptors (Lipinski definition) is 6. The van der Waals surface area contributed by atoms with E-state index in [9.17, 15) is 14.4 Å². The second-order valence-electron chi connectivity index (χ2n) is 16.8. The van der Waals surface area contributed by atoms with Crippen LogP contribution in [0.25, 0.3) is 0 Å². The van der Waals surface area contributed by atoms with E-state index < -0.39 is 6.10 Å². The molecule has 0 aliphatic rings. The van der Waals surface area contributed by atoms with E-state index in [0.717, 1.165) is 109 Å². The summed E-state index contributed by atoms with van der Waals surface area (Å²) in [4.78, 5) is 37.9. The number of allylic oxidation sites excluding steroid dienone is 12. The van der Waals surface area contributed by atoms with Crippen molar-refractivity contribution in [3.8, 4) is 0 Å². The first kappa shape index (κ1) is 57.9. The number of ether oxygens (including phenoxy) is 3. The minimum atomic E-state index is -0.801. The molecule has 0 saturated carbocycles. The Labute approximate surface area is 376 Å². The average molecular weight is 851 g/mol. The maximum absolute atomic E-state index is 12.8. The Kier molecular flexibility index (Phi) is 46.9. The van der Waals surface area contributed by atoms with Crippen molar-refractivity contribution in [3.05, 3.63) is 72.9 Å². The van der Waals surface area contributed by atoms with Gasteiger partial charge in [-0.25, -0.2) is 0 Å². The van der Waals surface area contributed by atoms with Crippen molar-refractivity contribution in [2.24, 2.45) is 0 Å². The summed E-state index contributed by atoms with van der Waals surface area (Å²) in [6.45, 7) is 6.50. The van der Waals surface area contributed by atoms with Gasteiger partial charge in [0, 0.05) is 19.3 Å². The van der Waals surface area contributed by atoms with Crippen molar-refractivity contribution in [2.45, 2.75) is 245 Å². The number of carbonyl (C=O) groups is 3. The smallest absolute Gasteiger partial charge is 0.306 e. The van der Waals surface area contributed by atoms with Gasteiger partial charge in [0.15, 0.2) is 6.10 Å². The third-order valence-electron chi connectivity index (χ3n) is 10.7. The van der Waals surface area contributed by atoms with Gasteiger partial charge in [-0.2, -0.15) is 0 Å². The number of rotatable bonds is 45. The third kappa shape index (κ3) is 47.7. The first-order valence-electron chi connectivity index (χ1n) is 25.5. The lowest BCUT2D eigenvalue weighted by Crippen LogP contribution is -2.30. The van der Waals surface area contributed by atoms with Crippen LogP contribution in [-0.2, 0) is 28.6 Å². The summed E-state index contributed by atoms with van der Waals surface area (Å²) in [6.07, 6.45) is 61.7. The third-order valence-corrected chi connectivity index (χ3v) is 10.7. The zero-order chi connectivity index (χ0) is 44.4. The molecular formula is C55H94O6. The average Bonchev–Trinajstić information content (AvgIpc) is 3.26. The maximum Gasteiger partial charge on any atom is 0.306 e. The second-order valence-corrected chi connectivity index (χ2v) is 16.8. The lowest BCUT2D eigenvalue weighted by molar-refractivity contribution is -0.167. The minimum absolute atomic E-state index is 0.101. The fourth-order valence-electron chi connectivity index (χ4n) is 6.83. The number of hydrogen-bond donors (Lipinski definition) is 0. The Bertz CT molecular complexity index is 1160. The molecule has 1 unspecified atom stereocenters. The molecule has 0 rings (SSSR count). The van der Waals surface area contributed by atoms with E-state index in [1.165, 1.54) is 89.9 Å². The van der Waals surface area contributed by atoms with Gasteiger partial charge in [-0.15, -0.1) is 0 Å². The van der Waals surface area contributed by atoms with E-state index in [0.29, 0.717) is 19.3 Å². The molecule has 0 aromatic heterocycles. The molecule has 350 valence electrons. The molecule has 61 heavy (non-hydrogen) atoms. The van der Waals surface area contributed by atoms with Crippen LogP contribution in [0, 0.1) is 0 Å². The van der Waals surface area contributed by atoms with Crippen LogP contribution >= 0.6 is 0 Å². The maximum atomic E-state index is 12.8. The molecule has 0 aromatic carbocycles. The number of unbranched alkanes of at least 4 members (excludes halogenated alkanes) is 25. The van der Waals surface area contributed by atoms with Crippen LogP contribution in [0.1, 0.15) is 239 Å². The SMILES string of the molecule is CCCC/C=C\C=C/CCCCCC(=O)OCC(COC(=O)CCCCCCC\C=C/C=C\C=C/CCCCCCC)OC(=O)CCCCC/C=C\CCCCCCCCC. The van der Waals surface area contributed by atoms with Crippen LogP contribution in [0.5, 0.6) is 0 Å². The summed E-state index contributed by atoms with van der Waals surface area (Å²) in [5.74, 6) is -0.964. The van der Waals surface area contributed by atoms with Gasteiger partial charge >= 0.3 is 17.9 Å². The predicted octanol–water partition coefficient (Wildman–Crippen LogP) is 16.6. The van der Waals surface area contributed by atoms with Gasteiger partial charge in [-0.1, -0.05) is 203 Å². The van der Waals surface area contributed by atoms with Crippen LogP contribution in [0.15, 0.2) is 72.9 Å². The van der Waals surface area contributed by atoms with E-state index in [1.807, 2.05) is 0 Å². The van der Waals surface area contributed by atoms with Gasteiger partial charge in [-0.3, -0.25) is 14.4 Å². The first-order chi connectivity index (χ1) is 30.0. The number of carbonyl (C=O) groups excluding carboxylic acids is 3. The number of esters is 3. The Morgan fingerprint density at radius 1 is 0.328 bits per heavy atom. The fraction of sp³-hybridized carbons (Fsp3) is 0.727. The van der Waals surface area contributed by atoms with Crippen molar-refractivity contribution < 1.29 is 28.6 Å². The lowest BCUT2D eigenvalue weighted by atomic mass is 10.1. The van der Waals surface area contributed by atoms with E-state index in [4.69, 9.17) is 14.2 Å². The van der Waals surface area contributed by atoms with Gasteiger partial charge in [0.2, 0.25) is 0 Å². The highest BCUT2D eigenvalue weighted by Gasteiger charge is 2.19. The first-order valence-corrected chi connectivity index (χ1v) is 25.5. The minimum Gasteiger partial charge on any atom is -0.462 e. The molecule has 0 heterocycles. The van der Waals surface area contributed by atoms with Crippen LogP contribution in [0.3, 0.4) is 0 Å². The molecule has 0 N–H and O–H groups in total. The second kappa shape index (κ2) is 49.5. The van der Waals surface area contributed by atoms with Gasteiger partial charge in [-0.05, 0) is 89.9 Å². The fourth-order valence-corrected chi connectivity index (χ4v) is 6.83. The van der Waals surface area contributed by atoms with Crippen molar-refractivity contribution in [3.63, 3.8) is 0 Å². The molecule has 6 heteroatoms. The summed E-state index contributed by atoms with van der Waals surface area (Å²) in [7, 11) is 0. The summed E-state index contributed by atoms with van der Waals surface area (Å²) < 4.78 is 16.7. The lowest BCUT2D eigenvalue weighted by Gasteiger charge is -2.18. The van der Waals surface area contributed by atoms with Crippen molar-refractivity contribution in [1.82, 2.24) is 0 Å². The Hall–Kier alpha value is -3.15. The van der Waals surface area contributed by atoms with E-state index >= 15 is 0 Å². The van der Waals surface area contributed by atoms with Crippen molar-refractivity contribution in [1.29, 1.82) is 0 Å². The van der Waals surface area contributed by atoms with Gasteiger partial charge in [0.05, 0.1) is 0 Å². The quantitative estimate of drug-likeness (QED) is 0.0200. The molecule has 1 atom stereocenters. The normalized spacial score (nSPS) is 12.6. The molecule has 0 radical (unpaired) electrons. The topological polar surface area (TPSA) is 78.9 Å². The molecule has 0 bridgehead atoms. The van der Waals surface area contributed by atoms with E-state index in [2.05, 4.69) is 93.7 Å². The predicted molar refractivity (Wildman–Crippen MR) is 261 cm³/mol. The molecule has 0 aromatic rings. The molecule has 6 nitrogen and oxygen atoms in total. The molecule has 0 saturated heterocycles. The van der Waals surface area contributed by atoms with Gasteiger partial charge in [0.1, 0.15) is 13.2 Å². The monoisotopic (exact) mass is 851 g/mol. The zero-order valence-electron chi connectivity index (χ0n) is 39.9. The Balaban J connectivity index is 4.45. The molecular weight excluding hydrogens is 757 g/mol. The summed E-state index contributed by atoms with van der Waals surface area (Å²) in [5, 5.41) is 0. The van der Waals surface area contributed by atoms with Crippen molar-refractivity contribution >= 4 is 17.9 Å². The highest BCUT2D eigenvalue weighted by Crippen LogP contribution is 2.13. The zero-order valence-corrected chi connectivity index (χ0v) is 39.9. The Morgan fingerprint density at radius 3 is 1.03 bits per heavy atom.